The number of ketones is 1. The molecular formula is C14H9Cl3OS2. The molecule has 1 aromatic carbocycles. The molecule has 104 valence electrons. The molecule has 2 aromatic rings. The number of hydrogen-bond donors (Lipinski definition) is 0. The highest BCUT2D eigenvalue weighted by Crippen LogP contribution is 2.36. The molecule has 0 N–H and O–H groups in total. The van der Waals surface area contributed by atoms with E-state index in [0.717, 1.165) is 17.9 Å². The Morgan fingerprint density at radius 2 is 1.80 bits per heavy atom. The van der Waals surface area contributed by atoms with E-state index in [-0.39, 0.29) is 5.78 Å². The van der Waals surface area contributed by atoms with Crippen LogP contribution in [-0.2, 0) is 12.2 Å². The van der Waals surface area contributed by atoms with Gasteiger partial charge in [0.15, 0.2) is 0 Å². The summed E-state index contributed by atoms with van der Waals surface area (Å²) < 4.78 is 0. The van der Waals surface area contributed by atoms with Gasteiger partial charge in [-0.25, -0.2) is 0 Å². The summed E-state index contributed by atoms with van der Waals surface area (Å²) in [7, 11) is 0. The molecule has 0 spiro atoms. The standard InChI is InChI=1S/C14H9Cl3OS2/c15-8-4-9(16)13(10(17)5-8)14(18)12-3-7-6-19-2-1-11(7)20-12/h3-5H,1-2,6H2. The fraction of sp³-hybridized carbons (Fsp3) is 0.214. The van der Waals surface area contributed by atoms with Crippen molar-refractivity contribution in [2.75, 3.05) is 5.75 Å². The van der Waals surface area contributed by atoms with Gasteiger partial charge in [-0.3, -0.25) is 4.79 Å². The zero-order chi connectivity index (χ0) is 14.3. The highest BCUT2D eigenvalue weighted by Gasteiger charge is 2.22. The van der Waals surface area contributed by atoms with Gasteiger partial charge in [-0.05, 0) is 35.9 Å². The monoisotopic (exact) mass is 362 g/mol. The summed E-state index contributed by atoms with van der Waals surface area (Å²) in [4.78, 5) is 14.6. The first-order valence-corrected chi connectivity index (χ1v) is 9.05. The Morgan fingerprint density at radius 1 is 1.10 bits per heavy atom. The van der Waals surface area contributed by atoms with Gasteiger partial charge in [-0.1, -0.05) is 34.8 Å². The van der Waals surface area contributed by atoms with Crippen molar-refractivity contribution < 1.29 is 4.79 Å². The summed E-state index contributed by atoms with van der Waals surface area (Å²) in [5.74, 6) is 1.96. The number of fused-ring (bicyclic) bond motifs is 1. The Bertz CT molecular complexity index is 647. The van der Waals surface area contributed by atoms with Crippen LogP contribution in [0.4, 0.5) is 0 Å². The fourth-order valence-electron chi connectivity index (χ4n) is 2.14. The van der Waals surface area contributed by atoms with Crippen molar-refractivity contribution in [3.8, 4) is 0 Å². The van der Waals surface area contributed by atoms with E-state index < -0.39 is 0 Å². The first-order valence-electron chi connectivity index (χ1n) is 5.95. The van der Waals surface area contributed by atoms with Crippen molar-refractivity contribution in [3.63, 3.8) is 0 Å². The van der Waals surface area contributed by atoms with E-state index in [4.69, 9.17) is 34.8 Å². The zero-order valence-electron chi connectivity index (χ0n) is 10.2. The van der Waals surface area contributed by atoms with Crippen molar-refractivity contribution in [3.05, 3.63) is 54.1 Å². The van der Waals surface area contributed by atoms with Gasteiger partial charge in [0.05, 0.1) is 20.5 Å². The second kappa shape index (κ2) is 5.90. The largest absolute Gasteiger partial charge is 0.288 e. The summed E-state index contributed by atoms with van der Waals surface area (Å²) in [6.07, 6.45) is 1.03. The molecule has 3 rings (SSSR count). The highest BCUT2D eigenvalue weighted by atomic mass is 35.5. The average Bonchev–Trinajstić information content (AvgIpc) is 2.81. The lowest BCUT2D eigenvalue weighted by Gasteiger charge is -2.08. The maximum atomic E-state index is 12.6. The number of hydrogen-bond acceptors (Lipinski definition) is 3. The Hall–Kier alpha value is -0.190. The van der Waals surface area contributed by atoms with E-state index >= 15 is 0 Å². The average molecular weight is 364 g/mol. The SMILES string of the molecule is O=C(c1cc2c(s1)CCSC2)c1c(Cl)cc(Cl)cc1Cl. The third kappa shape index (κ3) is 2.75. The van der Waals surface area contributed by atoms with Crippen LogP contribution in [0.1, 0.15) is 25.7 Å². The van der Waals surface area contributed by atoms with Gasteiger partial charge >= 0.3 is 0 Å². The first kappa shape index (κ1) is 14.7. The lowest BCUT2D eigenvalue weighted by Crippen LogP contribution is -2.01. The molecule has 1 aromatic heterocycles. The van der Waals surface area contributed by atoms with E-state index in [1.54, 1.807) is 23.5 Å². The first-order chi connectivity index (χ1) is 9.56. The van der Waals surface area contributed by atoms with E-state index in [1.807, 2.05) is 17.8 Å². The lowest BCUT2D eigenvalue weighted by atomic mass is 10.1. The lowest BCUT2D eigenvalue weighted by molar-refractivity contribution is 0.104. The molecule has 0 unspecified atom stereocenters. The second-order valence-corrected chi connectivity index (χ2v) is 7.93. The van der Waals surface area contributed by atoms with Gasteiger partial charge < -0.3 is 0 Å². The van der Waals surface area contributed by atoms with E-state index in [9.17, 15) is 4.79 Å². The van der Waals surface area contributed by atoms with Crippen LogP contribution in [-0.4, -0.2) is 11.5 Å². The molecule has 0 aliphatic carbocycles. The fourth-order valence-corrected chi connectivity index (χ4v) is 5.45. The molecule has 0 fully saturated rings. The quantitative estimate of drug-likeness (QED) is 0.634. The predicted molar refractivity (Wildman–Crippen MR) is 89.1 cm³/mol. The number of rotatable bonds is 2. The van der Waals surface area contributed by atoms with Gasteiger partial charge in [0, 0.05) is 15.7 Å². The maximum Gasteiger partial charge on any atom is 0.205 e. The summed E-state index contributed by atoms with van der Waals surface area (Å²) in [5, 5.41) is 1.03. The molecule has 1 aliphatic rings. The van der Waals surface area contributed by atoms with Crippen LogP contribution >= 0.6 is 57.9 Å². The summed E-state index contributed by atoms with van der Waals surface area (Å²) >= 11 is 21.5. The van der Waals surface area contributed by atoms with Crippen LogP contribution in [0.15, 0.2) is 18.2 Å². The van der Waals surface area contributed by atoms with E-state index in [0.29, 0.717) is 25.5 Å². The molecular weight excluding hydrogens is 355 g/mol. The van der Waals surface area contributed by atoms with Gasteiger partial charge in [-0.2, -0.15) is 11.8 Å². The molecule has 20 heavy (non-hydrogen) atoms. The Morgan fingerprint density at radius 3 is 2.45 bits per heavy atom. The second-order valence-electron chi connectivity index (χ2n) is 4.44. The number of benzene rings is 1. The van der Waals surface area contributed by atoms with Gasteiger partial charge in [0.2, 0.25) is 5.78 Å². The Labute approximate surface area is 140 Å². The molecule has 0 amide bonds. The van der Waals surface area contributed by atoms with Crippen molar-refractivity contribution in [2.24, 2.45) is 0 Å². The van der Waals surface area contributed by atoms with Crippen LogP contribution in [0.5, 0.6) is 0 Å². The third-order valence-corrected chi connectivity index (χ3v) is 6.14. The minimum atomic E-state index is -0.124. The summed E-state index contributed by atoms with van der Waals surface area (Å²) in [6, 6.07) is 5.06. The molecule has 0 radical (unpaired) electrons. The zero-order valence-corrected chi connectivity index (χ0v) is 14.1. The van der Waals surface area contributed by atoms with Crippen LogP contribution in [0.2, 0.25) is 15.1 Å². The van der Waals surface area contributed by atoms with Crippen molar-refractivity contribution >= 4 is 63.7 Å². The van der Waals surface area contributed by atoms with Crippen LogP contribution in [0.25, 0.3) is 0 Å². The van der Waals surface area contributed by atoms with Gasteiger partial charge in [-0.15, -0.1) is 11.3 Å². The minimum Gasteiger partial charge on any atom is -0.288 e. The molecule has 0 saturated carbocycles. The van der Waals surface area contributed by atoms with Crippen molar-refractivity contribution in [1.29, 1.82) is 0 Å². The normalized spacial score (nSPS) is 14.2. The molecule has 2 heterocycles. The predicted octanol–water partition coefficient (Wildman–Crippen LogP) is 5.73. The third-order valence-electron chi connectivity index (χ3n) is 3.09. The smallest absolute Gasteiger partial charge is 0.205 e. The topological polar surface area (TPSA) is 17.1 Å². The van der Waals surface area contributed by atoms with E-state index in [1.165, 1.54) is 10.4 Å². The van der Waals surface area contributed by atoms with Crippen LogP contribution in [0.3, 0.4) is 0 Å². The number of aryl methyl sites for hydroxylation is 1. The number of halogens is 3. The minimum absolute atomic E-state index is 0.124. The molecule has 0 atom stereocenters. The molecule has 6 heteroatoms. The maximum absolute atomic E-state index is 12.6. The van der Waals surface area contributed by atoms with Crippen molar-refractivity contribution in [1.82, 2.24) is 0 Å². The molecule has 1 nitrogen and oxygen atoms in total. The molecule has 0 saturated heterocycles. The van der Waals surface area contributed by atoms with Crippen LogP contribution < -0.4 is 0 Å². The number of carbonyl (C=O) groups is 1. The highest BCUT2D eigenvalue weighted by molar-refractivity contribution is 7.98. The van der Waals surface area contributed by atoms with Gasteiger partial charge in [0.25, 0.3) is 0 Å². The van der Waals surface area contributed by atoms with Gasteiger partial charge in [0.1, 0.15) is 0 Å². The summed E-state index contributed by atoms with van der Waals surface area (Å²) in [6.45, 7) is 0. The Balaban J connectivity index is 2.03. The van der Waals surface area contributed by atoms with Crippen LogP contribution in [0, 0.1) is 0 Å². The van der Waals surface area contributed by atoms with E-state index in [2.05, 4.69) is 0 Å². The molecule has 1 aliphatic heterocycles. The number of carbonyl (C=O) groups excluding carboxylic acids is 1. The summed E-state index contributed by atoms with van der Waals surface area (Å²) in [5.41, 5.74) is 1.60. The van der Waals surface area contributed by atoms with Crippen molar-refractivity contribution in [2.45, 2.75) is 12.2 Å². The molecule has 0 bridgehead atoms. The number of thiophene rings is 1. The Kier molecular flexibility index (Phi) is 4.34. The number of thioether (sulfide) groups is 1.